The Balaban J connectivity index is 1.30. The molecule has 0 aliphatic carbocycles. The van der Waals surface area contributed by atoms with Crippen molar-refractivity contribution >= 4 is 43.5 Å². The molecule has 45 heavy (non-hydrogen) atoms. The van der Waals surface area contributed by atoms with Gasteiger partial charge in [-0.1, -0.05) is 145 Å². The fourth-order valence-electron chi connectivity index (χ4n) is 6.13. The maximum Gasteiger partial charge on any atom is 0.136 e. The lowest BCUT2D eigenvalue weighted by Crippen LogP contribution is -1.90. The Morgan fingerprint density at radius 2 is 0.756 bits per heavy atom. The van der Waals surface area contributed by atoms with Crippen molar-refractivity contribution in [2.24, 2.45) is 0 Å². The van der Waals surface area contributed by atoms with Gasteiger partial charge in [0.05, 0.1) is 17.8 Å². The number of benzene rings is 8. The molecule has 0 aliphatic heterocycles. The molecule has 0 bridgehead atoms. The Labute approximate surface area is 279 Å². The third-order valence-electron chi connectivity index (χ3n) is 8.21. The molecule has 1 aromatic heterocycles. The van der Waals surface area contributed by atoms with E-state index in [9.17, 15) is 0 Å². The third-order valence-corrected chi connectivity index (χ3v) is 8.21. The minimum Gasteiger partial charge on any atom is -0.456 e. The van der Waals surface area contributed by atoms with Gasteiger partial charge < -0.3 is 4.42 Å². The summed E-state index contributed by atoms with van der Waals surface area (Å²) >= 11 is 0. The Hall–Kier alpha value is -5.92. The monoisotopic (exact) mass is 585 g/mol. The Morgan fingerprint density at radius 3 is 1.29 bits per heavy atom. The second-order valence-corrected chi connectivity index (χ2v) is 10.7. The molecule has 0 N–H and O–H groups in total. The number of rotatable bonds is 4. The van der Waals surface area contributed by atoms with Crippen molar-refractivity contribution in [2.75, 3.05) is 0 Å². The highest BCUT2D eigenvalue weighted by Gasteiger charge is 2.16. The van der Waals surface area contributed by atoms with Crippen molar-refractivity contribution in [3.63, 3.8) is 0 Å². The van der Waals surface area contributed by atoms with E-state index < -0.39 is 84.1 Å². The van der Waals surface area contributed by atoms with E-state index in [2.05, 4.69) is 6.07 Å². The van der Waals surface area contributed by atoms with Gasteiger partial charge in [-0.25, -0.2) is 0 Å². The van der Waals surface area contributed by atoms with Crippen LogP contribution in [0.4, 0.5) is 0 Å². The minimum atomic E-state index is -0.712. The summed E-state index contributed by atoms with van der Waals surface area (Å²) in [7, 11) is 0. The van der Waals surface area contributed by atoms with Crippen LogP contribution in [0.25, 0.3) is 88.0 Å². The molecule has 0 saturated heterocycles. The molecule has 9 rings (SSSR count). The van der Waals surface area contributed by atoms with Crippen LogP contribution in [0.3, 0.4) is 0 Å². The normalized spacial score (nSPS) is 15.6. The second kappa shape index (κ2) is 10.4. The molecule has 0 fully saturated rings. The van der Waals surface area contributed by atoms with E-state index in [4.69, 9.17) is 22.2 Å². The fourth-order valence-corrected chi connectivity index (χ4v) is 6.13. The molecular formula is C44H28O. The standard InChI is InChI=1S/C44H28O/c1-3-11-29(12-4-1)33-23-25-35-36-26-24-34(28-42(36)45-41(35)27-33)30-19-21-32(22-20-30)44-39-17-9-7-15-37(39)43(31-13-5-2-6-14-31)38-16-8-10-18-40(38)44/h1-28H/i2D,5D,6D,7D,8D,9D,10D,13D,14D,15D,16D,17D,18D. The van der Waals surface area contributed by atoms with E-state index in [1.165, 1.54) is 0 Å². The summed E-state index contributed by atoms with van der Waals surface area (Å²) in [6.45, 7) is 0. The summed E-state index contributed by atoms with van der Waals surface area (Å²) in [5.74, 6) is 0. The van der Waals surface area contributed by atoms with Gasteiger partial charge in [0.15, 0.2) is 0 Å². The van der Waals surface area contributed by atoms with Crippen molar-refractivity contribution in [2.45, 2.75) is 0 Å². The second-order valence-electron chi connectivity index (χ2n) is 10.7. The number of fused-ring (bicyclic) bond motifs is 5. The van der Waals surface area contributed by atoms with E-state index in [1.807, 2.05) is 60.7 Å². The molecule has 1 heterocycles. The van der Waals surface area contributed by atoms with Crippen LogP contribution in [0.2, 0.25) is 0 Å². The van der Waals surface area contributed by atoms with Gasteiger partial charge in [-0.2, -0.15) is 0 Å². The molecule has 0 radical (unpaired) electrons. The van der Waals surface area contributed by atoms with Gasteiger partial charge in [-0.05, 0) is 90.3 Å². The van der Waals surface area contributed by atoms with Crippen LogP contribution in [0.1, 0.15) is 17.8 Å². The minimum absolute atomic E-state index is 0.0774. The molecule has 1 heteroatoms. The first-order valence-electron chi connectivity index (χ1n) is 20.9. The van der Waals surface area contributed by atoms with E-state index in [1.54, 1.807) is 24.3 Å². The molecule has 210 valence electrons. The van der Waals surface area contributed by atoms with Crippen LogP contribution < -0.4 is 0 Å². The first-order valence-corrected chi connectivity index (χ1v) is 14.4. The molecule has 0 saturated carbocycles. The van der Waals surface area contributed by atoms with Gasteiger partial charge in [0.1, 0.15) is 11.2 Å². The van der Waals surface area contributed by atoms with Crippen molar-refractivity contribution in [1.29, 1.82) is 0 Å². The molecule has 9 aromatic rings. The third kappa shape index (κ3) is 4.24. The molecule has 0 atom stereocenters. The van der Waals surface area contributed by atoms with Crippen molar-refractivity contribution in [1.82, 2.24) is 0 Å². The van der Waals surface area contributed by atoms with Crippen molar-refractivity contribution in [3.05, 3.63) is 170 Å². The summed E-state index contributed by atoms with van der Waals surface area (Å²) in [5.41, 5.74) is 4.78. The van der Waals surface area contributed by atoms with Gasteiger partial charge in [0, 0.05) is 10.8 Å². The van der Waals surface area contributed by atoms with Crippen LogP contribution >= 0.6 is 0 Å². The van der Waals surface area contributed by atoms with Crippen LogP contribution in [-0.4, -0.2) is 0 Å². The molecule has 0 amide bonds. The predicted octanol–water partition coefficient (Wildman–Crippen LogP) is 12.6. The highest BCUT2D eigenvalue weighted by atomic mass is 16.3. The first kappa shape index (κ1) is 15.7. The summed E-state index contributed by atoms with van der Waals surface area (Å²) in [4.78, 5) is 0. The highest BCUT2D eigenvalue weighted by molar-refractivity contribution is 6.21. The maximum atomic E-state index is 9.17. The number of hydrogen-bond acceptors (Lipinski definition) is 1. The molecule has 1 nitrogen and oxygen atoms in total. The van der Waals surface area contributed by atoms with E-state index >= 15 is 0 Å². The lowest BCUT2D eigenvalue weighted by molar-refractivity contribution is 0.669. The van der Waals surface area contributed by atoms with Crippen LogP contribution in [0.15, 0.2) is 174 Å². The molecule has 0 unspecified atom stereocenters. The van der Waals surface area contributed by atoms with E-state index in [0.717, 1.165) is 38.6 Å². The molecule has 8 aromatic carbocycles. The van der Waals surface area contributed by atoms with Gasteiger partial charge in [0.25, 0.3) is 0 Å². The zero-order valence-electron chi connectivity index (χ0n) is 36.6. The Kier molecular flexibility index (Phi) is 3.62. The maximum absolute atomic E-state index is 9.17. The average Bonchev–Trinajstić information content (AvgIpc) is 3.61. The lowest BCUT2D eigenvalue weighted by Gasteiger charge is -2.18. The van der Waals surface area contributed by atoms with E-state index in [-0.39, 0.29) is 32.7 Å². The summed E-state index contributed by atoms with van der Waals surface area (Å²) in [6, 6.07) is 20.7. The van der Waals surface area contributed by atoms with Gasteiger partial charge in [0.2, 0.25) is 0 Å². The molecule has 0 aliphatic rings. The van der Waals surface area contributed by atoms with Crippen LogP contribution in [0, 0.1) is 0 Å². The summed E-state index contributed by atoms with van der Waals surface area (Å²) in [5, 5.41) is 1.17. The van der Waals surface area contributed by atoms with Gasteiger partial charge in [-0.15, -0.1) is 0 Å². The van der Waals surface area contributed by atoms with Crippen molar-refractivity contribution < 1.29 is 22.2 Å². The molecular weight excluding hydrogens is 544 g/mol. The number of furan rings is 1. The van der Waals surface area contributed by atoms with Gasteiger partial charge >= 0.3 is 0 Å². The summed E-state index contributed by atoms with van der Waals surface area (Å²) < 4.78 is 120. The Bertz CT molecular complexity index is 3140. The quantitative estimate of drug-likeness (QED) is 0.187. The van der Waals surface area contributed by atoms with Crippen LogP contribution in [-0.2, 0) is 0 Å². The lowest BCUT2D eigenvalue weighted by atomic mass is 9.86. The fraction of sp³-hybridized carbons (Fsp3) is 0. The zero-order chi connectivity index (χ0) is 41.1. The first-order chi connectivity index (χ1) is 27.7. The average molecular weight is 586 g/mol. The highest BCUT2D eigenvalue weighted by Crippen LogP contribution is 2.44. The smallest absolute Gasteiger partial charge is 0.136 e. The summed E-state index contributed by atoms with van der Waals surface area (Å²) in [6.07, 6.45) is 0. The van der Waals surface area contributed by atoms with Gasteiger partial charge in [-0.3, -0.25) is 0 Å². The molecule has 0 spiro atoms. The zero-order valence-corrected chi connectivity index (χ0v) is 23.6. The van der Waals surface area contributed by atoms with E-state index in [0.29, 0.717) is 11.1 Å². The van der Waals surface area contributed by atoms with Crippen LogP contribution in [0.5, 0.6) is 0 Å². The van der Waals surface area contributed by atoms with Crippen molar-refractivity contribution in [3.8, 4) is 44.5 Å². The largest absolute Gasteiger partial charge is 0.456 e. The Morgan fingerprint density at radius 1 is 0.333 bits per heavy atom. The SMILES string of the molecule is [2H]c1c([2H])c([2H])c(-c2c3c([2H])c([2H])c([2H])c([2H])c3c(-c3ccc(-c4ccc5c(c4)oc4cc(-c6ccccc6)ccc45)cc3)c3c([2H])c([2H])c([2H])c([2H])c23)c([2H])c1[2H]. The predicted molar refractivity (Wildman–Crippen MR) is 190 cm³/mol. The topological polar surface area (TPSA) is 13.1 Å². The number of hydrogen-bond donors (Lipinski definition) is 0.